The first-order chi connectivity index (χ1) is 14.0. The number of hydrogen-bond acceptors (Lipinski definition) is 1. The molecule has 0 saturated carbocycles. The maximum Gasteiger partial charge on any atom is 0.0452 e. The van der Waals surface area contributed by atoms with Crippen molar-refractivity contribution >= 4 is 5.69 Å². The normalized spacial score (nSPS) is 15.2. The predicted molar refractivity (Wildman–Crippen MR) is 137 cm³/mol. The Morgan fingerprint density at radius 1 is 0.900 bits per heavy atom. The zero-order chi connectivity index (χ0) is 22.9. The van der Waals surface area contributed by atoms with E-state index in [1.807, 2.05) is 19.9 Å². The molecular weight excluding hydrogens is 362 g/mol. The standard InChI is InChI=1S/C27H37N.C2H6/c1-9-21(2)11-10-20-28(24-16-12-22(13-17-24)26(3,4)5)25-18-14-23(15-19-25)27(6,7)8;1-2/h9-14,16-18,20H,1,15,19H2,2-8H3;1-2H3/b20-10-,21-11-;. The van der Waals surface area contributed by atoms with E-state index < -0.39 is 0 Å². The smallest absolute Gasteiger partial charge is 0.0452 e. The van der Waals surface area contributed by atoms with E-state index in [9.17, 15) is 0 Å². The van der Waals surface area contributed by atoms with E-state index in [2.05, 4.69) is 115 Å². The Labute approximate surface area is 186 Å². The van der Waals surface area contributed by atoms with Gasteiger partial charge in [-0.15, -0.1) is 0 Å². The third kappa shape index (κ3) is 7.52. The Kier molecular flexibility index (Phi) is 9.62. The molecule has 0 radical (unpaired) electrons. The summed E-state index contributed by atoms with van der Waals surface area (Å²) in [6.07, 6.45) is 15.0. The van der Waals surface area contributed by atoms with Gasteiger partial charge in [0.1, 0.15) is 0 Å². The summed E-state index contributed by atoms with van der Waals surface area (Å²) in [6, 6.07) is 8.97. The highest BCUT2D eigenvalue weighted by Gasteiger charge is 2.21. The highest BCUT2D eigenvalue weighted by molar-refractivity contribution is 5.58. The van der Waals surface area contributed by atoms with Crippen LogP contribution >= 0.6 is 0 Å². The van der Waals surface area contributed by atoms with E-state index in [1.165, 1.54) is 22.5 Å². The molecule has 1 aromatic rings. The summed E-state index contributed by atoms with van der Waals surface area (Å²) < 4.78 is 0. The van der Waals surface area contributed by atoms with Gasteiger partial charge in [0.05, 0.1) is 0 Å². The maximum atomic E-state index is 3.84. The van der Waals surface area contributed by atoms with Crippen LogP contribution in [0.25, 0.3) is 0 Å². The molecule has 0 saturated heterocycles. The van der Waals surface area contributed by atoms with Gasteiger partial charge >= 0.3 is 0 Å². The van der Waals surface area contributed by atoms with Crippen molar-refractivity contribution in [1.82, 2.24) is 0 Å². The van der Waals surface area contributed by atoms with Crippen LogP contribution in [0.5, 0.6) is 0 Å². The SMILES string of the molecule is C=C/C(C)=C\C=C/N(C1=CC=C(C(C)(C)C)CC1)c1ccc(C(C)(C)C)cc1.CC. The summed E-state index contributed by atoms with van der Waals surface area (Å²) >= 11 is 0. The molecule has 1 aromatic carbocycles. The zero-order valence-electron chi connectivity index (χ0n) is 20.8. The van der Waals surface area contributed by atoms with E-state index in [4.69, 9.17) is 0 Å². The van der Waals surface area contributed by atoms with Crippen LogP contribution in [-0.2, 0) is 5.41 Å². The van der Waals surface area contributed by atoms with Crippen LogP contribution < -0.4 is 4.90 Å². The van der Waals surface area contributed by atoms with Crippen LogP contribution in [0.2, 0.25) is 0 Å². The highest BCUT2D eigenvalue weighted by Crippen LogP contribution is 2.35. The van der Waals surface area contributed by atoms with Crippen LogP contribution in [0.15, 0.2) is 84.3 Å². The Morgan fingerprint density at radius 2 is 1.50 bits per heavy atom. The molecule has 1 heteroatoms. The summed E-state index contributed by atoms with van der Waals surface area (Å²) in [5.41, 5.74) is 6.97. The van der Waals surface area contributed by atoms with Crippen molar-refractivity contribution in [3.8, 4) is 0 Å². The number of nitrogens with zero attached hydrogens (tertiary/aromatic N) is 1. The van der Waals surface area contributed by atoms with E-state index >= 15 is 0 Å². The monoisotopic (exact) mass is 405 g/mol. The van der Waals surface area contributed by atoms with Gasteiger partial charge in [-0.25, -0.2) is 0 Å². The highest BCUT2D eigenvalue weighted by atomic mass is 15.1. The Hall–Kier alpha value is -2.28. The van der Waals surface area contributed by atoms with E-state index in [0.717, 1.165) is 18.4 Å². The lowest BCUT2D eigenvalue weighted by molar-refractivity contribution is 0.479. The molecule has 1 nitrogen and oxygen atoms in total. The largest absolute Gasteiger partial charge is 0.321 e. The first-order valence-electron chi connectivity index (χ1n) is 11.3. The third-order valence-corrected chi connectivity index (χ3v) is 5.33. The molecule has 0 heterocycles. The van der Waals surface area contributed by atoms with Gasteiger partial charge in [0.15, 0.2) is 0 Å². The number of rotatable bonds is 5. The van der Waals surface area contributed by atoms with Gasteiger partial charge in [-0.1, -0.05) is 103 Å². The maximum absolute atomic E-state index is 3.84. The van der Waals surface area contributed by atoms with Gasteiger partial charge < -0.3 is 4.90 Å². The number of benzene rings is 1. The summed E-state index contributed by atoms with van der Waals surface area (Å²) in [7, 11) is 0. The Balaban J connectivity index is 0.00000218. The molecule has 0 aromatic heterocycles. The third-order valence-electron chi connectivity index (χ3n) is 5.33. The number of anilines is 1. The molecular formula is C29H43N. The fraction of sp³-hybridized carbons (Fsp3) is 0.448. The minimum absolute atomic E-state index is 0.164. The quantitative estimate of drug-likeness (QED) is 0.441. The summed E-state index contributed by atoms with van der Waals surface area (Å²) in [6.45, 7) is 23.6. The second-order valence-electron chi connectivity index (χ2n) is 9.72. The molecule has 0 fully saturated rings. The fourth-order valence-corrected chi connectivity index (χ4v) is 3.27. The van der Waals surface area contributed by atoms with Gasteiger partial charge in [-0.2, -0.15) is 0 Å². The van der Waals surface area contributed by atoms with Crippen molar-refractivity contribution in [3.63, 3.8) is 0 Å². The van der Waals surface area contributed by atoms with E-state index in [0.29, 0.717) is 0 Å². The molecule has 0 unspecified atom stereocenters. The predicted octanol–water partition coefficient (Wildman–Crippen LogP) is 9.11. The molecule has 0 N–H and O–H groups in total. The van der Waals surface area contributed by atoms with Crippen molar-refractivity contribution in [3.05, 3.63) is 89.8 Å². The van der Waals surface area contributed by atoms with Gasteiger partial charge in [0.2, 0.25) is 0 Å². The summed E-state index contributed by atoms with van der Waals surface area (Å²) in [5.74, 6) is 0. The van der Waals surface area contributed by atoms with Crippen LogP contribution in [0.4, 0.5) is 5.69 Å². The Morgan fingerprint density at radius 3 is 1.93 bits per heavy atom. The minimum atomic E-state index is 0.164. The van der Waals surface area contributed by atoms with Gasteiger partial charge in [0, 0.05) is 17.6 Å². The molecule has 0 spiro atoms. The summed E-state index contributed by atoms with van der Waals surface area (Å²) in [4.78, 5) is 2.31. The van der Waals surface area contributed by atoms with Gasteiger partial charge in [0.25, 0.3) is 0 Å². The van der Waals surface area contributed by atoms with E-state index in [-0.39, 0.29) is 10.8 Å². The lowest BCUT2D eigenvalue weighted by atomic mass is 9.81. The van der Waals surface area contributed by atoms with Crippen molar-refractivity contribution in [2.75, 3.05) is 4.90 Å². The molecule has 0 aliphatic heterocycles. The average Bonchev–Trinajstić information content (AvgIpc) is 2.71. The molecule has 2 rings (SSSR count). The molecule has 0 atom stereocenters. The first-order valence-corrected chi connectivity index (χ1v) is 11.3. The van der Waals surface area contributed by atoms with E-state index in [1.54, 1.807) is 0 Å². The fourth-order valence-electron chi connectivity index (χ4n) is 3.27. The second-order valence-corrected chi connectivity index (χ2v) is 9.72. The lowest BCUT2D eigenvalue weighted by Gasteiger charge is -2.30. The van der Waals surface area contributed by atoms with Crippen LogP contribution in [0, 0.1) is 5.41 Å². The average molecular weight is 406 g/mol. The Bertz CT molecular complexity index is 799. The molecule has 164 valence electrons. The van der Waals surface area contributed by atoms with Crippen molar-refractivity contribution in [2.24, 2.45) is 5.41 Å². The van der Waals surface area contributed by atoms with Crippen molar-refractivity contribution in [2.45, 2.75) is 80.6 Å². The molecule has 30 heavy (non-hydrogen) atoms. The molecule has 1 aliphatic rings. The number of allylic oxidation sites excluding steroid dienone is 8. The molecule has 0 bridgehead atoms. The van der Waals surface area contributed by atoms with Gasteiger partial charge in [-0.05, 0) is 60.4 Å². The molecule has 1 aliphatic carbocycles. The number of hydrogen-bond donors (Lipinski definition) is 0. The summed E-state index contributed by atoms with van der Waals surface area (Å²) in [5, 5.41) is 0. The van der Waals surface area contributed by atoms with Crippen LogP contribution in [0.1, 0.15) is 80.7 Å². The first kappa shape index (κ1) is 25.8. The second kappa shape index (κ2) is 11.2. The van der Waals surface area contributed by atoms with Crippen LogP contribution in [0.3, 0.4) is 0 Å². The topological polar surface area (TPSA) is 3.24 Å². The van der Waals surface area contributed by atoms with Crippen molar-refractivity contribution < 1.29 is 0 Å². The minimum Gasteiger partial charge on any atom is -0.321 e. The zero-order valence-corrected chi connectivity index (χ0v) is 20.8. The van der Waals surface area contributed by atoms with Crippen molar-refractivity contribution in [1.29, 1.82) is 0 Å². The lowest BCUT2D eigenvalue weighted by Crippen LogP contribution is -2.20. The van der Waals surface area contributed by atoms with Gasteiger partial charge in [-0.3, -0.25) is 0 Å². The molecule has 0 amide bonds. The van der Waals surface area contributed by atoms with Crippen LogP contribution in [-0.4, -0.2) is 0 Å².